The number of ether oxygens (including phenoxy) is 1. The average Bonchev–Trinajstić information content (AvgIpc) is 3.51. The Balaban J connectivity index is 1.30. The van der Waals surface area contributed by atoms with Crippen molar-refractivity contribution in [2.75, 3.05) is 57.5 Å². The predicted octanol–water partition coefficient (Wildman–Crippen LogP) is 2.80. The summed E-state index contributed by atoms with van der Waals surface area (Å²) in [5.74, 6) is 1.47. The van der Waals surface area contributed by atoms with Crippen LogP contribution in [-0.2, 0) is 9.53 Å². The largest absolute Gasteiger partial charge is 0.444 e. The van der Waals surface area contributed by atoms with E-state index in [0.717, 1.165) is 24.1 Å². The Morgan fingerprint density at radius 3 is 2.49 bits per heavy atom. The number of anilines is 2. The highest BCUT2D eigenvalue weighted by molar-refractivity contribution is 5.87. The van der Waals surface area contributed by atoms with Crippen molar-refractivity contribution in [3.05, 3.63) is 23.9 Å². The van der Waals surface area contributed by atoms with Gasteiger partial charge in [-0.15, -0.1) is 0 Å². The summed E-state index contributed by atoms with van der Waals surface area (Å²) in [4.78, 5) is 40.1. The number of hydrogen-bond donors (Lipinski definition) is 2. The zero-order valence-electron chi connectivity index (χ0n) is 24.1. The van der Waals surface area contributed by atoms with Crippen molar-refractivity contribution in [1.29, 1.82) is 0 Å². The van der Waals surface area contributed by atoms with Gasteiger partial charge in [0.1, 0.15) is 6.10 Å². The van der Waals surface area contributed by atoms with Crippen LogP contribution in [0.5, 0.6) is 0 Å². The zero-order valence-corrected chi connectivity index (χ0v) is 24.1. The smallest absolute Gasteiger partial charge is 0.410 e. The lowest BCUT2D eigenvalue weighted by molar-refractivity contribution is -0.125. The van der Waals surface area contributed by atoms with Gasteiger partial charge in [0.2, 0.25) is 17.8 Å². The van der Waals surface area contributed by atoms with E-state index in [4.69, 9.17) is 14.7 Å². The molecular formula is C27H43N9O3. The Kier molecular flexibility index (Phi) is 9.26. The Morgan fingerprint density at radius 1 is 1.10 bits per heavy atom. The van der Waals surface area contributed by atoms with Gasteiger partial charge >= 0.3 is 6.09 Å². The molecule has 0 unspecified atom stereocenters. The molecule has 39 heavy (non-hydrogen) atoms. The van der Waals surface area contributed by atoms with Crippen LogP contribution in [0.3, 0.4) is 0 Å². The van der Waals surface area contributed by atoms with E-state index in [1.54, 1.807) is 20.4 Å². The highest BCUT2D eigenvalue weighted by Crippen LogP contribution is 2.24. The van der Waals surface area contributed by atoms with E-state index in [0.29, 0.717) is 51.0 Å². The molecule has 2 aromatic rings. The number of nitrogens with zero attached hydrogens (tertiary/aromatic N) is 7. The van der Waals surface area contributed by atoms with E-state index in [9.17, 15) is 9.59 Å². The Bertz CT molecular complexity index is 1170. The van der Waals surface area contributed by atoms with Crippen molar-refractivity contribution in [3.8, 4) is 0 Å². The maximum atomic E-state index is 12.8. The molecule has 0 spiro atoms. The molecule has 214 valence electrons. The standard InChI is InChI=1S/C27H43N9O3/c1-18(2)22-16-28-36-24(22)31-25(29-19(3)4)32-26(36)30-20-9-13-34(14-10-20)27(38)39-21-11-15-35(17-21)23(37)8-7-12-33(5)6/h7-8,16,18-21H,9-15,17H2,1-6H3,(H2,29,30,31,32)/b8-7+/t21-/m0/s1. The van der Waals surface area contributed by atoms with Crippen molar-refractivity contribution >= 4 is 29.5 Å². The molecule has 0 radical (unpaired) electrons. The number of hydrogen-bond acceptors (Lipinski definition) is 9. The van der Waals surface area contributed by atoms with E-state index >= 15 is 0 Å². The van der Waals surface area contributed by atoms with Crippen LogP contribution in [0.25, 0.3) is 5.65 Å². The molecule has 2 aliphatic rings. The molecule has 2 amide bonds. The first kappa shape index (κ1) is 28.6. The maximum Gasteiger partial charge on any atom is 0.410 e. The van der Waals surface area contributed by atoms with Gasteiger partial charge in [0.25, 0.3) is 0 Å². The lowest BCUT2D eigenvalue weighted by Gasteiger charge is -2.32. The number of amides is 2. The fourth-order valence-corrected chi connectivity index (χ4v) is 4.82. The minimum absolute atomic E-state index is 0.0365. The van der Waals surface area contributed by atoms with E-state index < -0.39 is 0 Å². The number of likely N-dealkylation sites (N-methyl/N-ethyl adjacent to an activating group) is 1. The van der Waals surface area contributed by atoms with E-state index in [2.05, 4.69) is 43.4 Å². The van der Waals surface area contributed by atoms with Crippen LogP contribution in [-0.4, -0.2) is 111 Å². The third-order valence-corrected chi connectivity index (χ3v) is 6.98. The molecule has 2 fully saturated rings. The first-order chi connectivity index (χ1) is 18.6. The number of aromatic nitrogens is 4. The van der Waals surface area contributed by atoms with Crippen molar-refractivity contribution in [2.45, 2.75) is 71.1 Å². The molecule has 12 heteroatoms. The van der Waals surface area contributed by atoms with Crippen LogP contribution in [0, 0.1) is 0 Å². The molecule has 2 N–H and O–H groups in total. The number of piperidine rings is 1. The topological polar surface area (TPSA) is 120 Å². The van der Waals surface area contributed by atoms with Gasteiger partial charge < -0.3 is 30.1 Å². The minimum atomic E-state index is -0.308. The van der Waals surface area contributed by atoms with Gasteiger partial charge in [-0.25, -0.2) is 4.79 Å². The van der Waals surface area contributed by atoms with Gasteiger partial charge in [0.05, 0.1) is 12.7 Å². The molecule has 0 bridgehead atoms. The maximum absolute atomic E-state index is 12.8. The first-order valence-electron chi connectivity index (χ1n) is 13.9. The summed E-state index contributed by atoms with van der Waals surface area (Å²) < 4.78 is 7.53. The van der Waals surface area contributed by atoms with Crippen molar-refractivity contribution in [1.82, 2.24) is 34.3 Å². The summed E-state index contributed by atoms with van der Waals surface area (Å²) in [7, 11) is 3.91. The highest BCUT2D eigenvalue weighted by atomic mass is 16.6. The van der Waals surface area contributed by atoms with Crippen LogP contribution >= 0.6 is 0 Å². The van der Waals surface area contributed by atoms with Crippen LogP contribution in [0.4, 0.5) is 16.7 Å². The Morgan fingerprint density at radius 2 is 1.82 bits per heavy atom. The van der Waals surface area contributed by atoms with E-state index in [1.807, 2.05) is 31.3 Å². The quantitative estimate of drug-likeness (QED) is 0.462. The number of fused-ring (bicyclic) bond motifs is 1. The molecule has 2 saturated heterocycles. The van der Waals surface area contributed by atoms with Crippen LogP contribution in [0.2, 0.25) is 0 Å². The van der Waals surface area contributed by atoms with Crippen molar-refractivity contribution < 1.29 is 14.3 Å². The Labute approximate surface area is 230 Å². The lowest BCUT2D eigenvalue weighted by Crippen LogP contribution is -2.44. The molecule has 0 saturated carbocycles. The van der Waals surface area contributed by atoms with Crippen LogP contribution in [0.1, 0.15) is 58.4 Å². The summed E-state index contributed by atoms with van der Waals surface area (Å²) in [5, 5.41) is 11.4. The van der Waals surface area contributed by atoms with Crippen molar-refractivity contribution in [2.24, 2.45) is 0 Å². The summed E-state index contributed by atoms with van der Waals surface area (Å²) in [6.07, 6.45) is 6.92. The molecule has 0 aliphatic carbocycles. The molecule has 2 aromatic heterocycles. The molecule has 12 nitrogen and oxygen atoms in total. The van der Waals surface area contributed by atoms with E-state index in [1.165, 1.54) is 0 Å². The number of likely N-dealkylation sites (tertiary alicyclic amines) is 2. The third kappa shape index (κ3) is 7.37. The molecule has 4 rings (SSSR count). The first-order valence-corrected chi connectivity index (χ1v) is 13.9. The SMILES string of the molecule is CC(C)Nc1nc(NC2CCN(C(=O)O[C@H]3CCN(C(=O)/C=C/CN(C)C)C3)CC2)n2ncc(C(C)C)c2n1. The third-order valence-electron chi connectivity index (χ3n) is 6.98. The van der Waals surface area contributed by atoms with Crippen LogP contribution in [0.15, 0.2) is 18.3 Å². The summed E-state index contributed by atoms with van der Waals surface area (Å²) in [5.41, 5.74) is 1.87. The van der Waals surface area contributed by atoms with Gasteiger partial charge in [0.15, 0.2) is 5.65 Å². The number of rotatable bonds is 9. The second kappa shape index (κ2) is 12.6. The highest BCUT2D eigenvalue weighted by Gasteiger charge is 2.31. The monoisotopic (exact) mass is 541 g/mol. The number of carbonyl (C=O) groups excluding carboxylic acids is 2. The number of carbonyl (C=O) groups is 2. The normalized spacial score (nSPS) is 18.7. The second-order valence-electron chi connectivity index (χ2n) is 11.3. The van der Waals surface area contributed by atoms with E-state index in [-0.39, 0.29) is 36.1 Å². The fraction of sp³-hybridized carbons (Fsp3) is 0.667. The second-order valence-corrected chi connectivity index (χ2v) is 11.3. The van der Waals surface area contributed by atoms with Gasteiger partial charge in [-0.3, -0.25) is 4.79 Å². The molecule has 1 atom stereocenters. The van der Waals surface area contributed by atoms with Crippen molar-refractivity contribution in [3.63, 3.8) is 0 Å². The fourth-order valence-electron chi connectivity index (χ4n) is 4.82. The molecule has 0 aromatic carbocycles. The molecule has 2 aliphatic heterocycles. The van der Waals surface area contributed by atoms with Gasteiger partial charge in [-0.2, -0.15) is 19.6 Å². The van der Waals surface area contributed by atoms with Crippen LogP contribution < -0.4 is 10.6 Å². The summed E-state index contributed by atoms with van der Waals surface area (Å²) in [6, 6.07) is 0.337. The lowest BCUT2D eigenvalue weighted by atomic mass is 10.1. The summed E-state index contributed by atoms with van der Waals surface area (Å²) in [6.45, 7) is 11.3. The Hall–Kier alpha value is -3.41. The zero-order chi connectivity index (χ0) is 28.1. The minimum Gasteiger partial charge on any atom is -0.444 e. The predicted molar refractivity (Wildman–Crippen MR) is 151 cm³/mol. The van der Waals surface area contributed by atoms with Gasteiger partial charge in [-0.05, 0) is 46.7 Å². The molecule has 4 heterocycles. The summed E-state index contributed by atoms with van der Waals surface area (Å²) >= 11 is 0. The average molecular weight is 542 g/mol. The molecular weight excluding hydrogens is 498 g/mol. The number of nitrogens with one attached hydrogen (secondary N) is 2. The van der Waals surface area contributed by atoms with Gasteiger partial charge in [0, 0.05) is 56.3 Å². The van der Waals surface area contributed by atoms with Gasteiger partial charge in [-0.1, -0.05) is 19.9 Å².